The summed E-state index contributed by atoms with van der Waals surface area (Å²) in [7, 11) is -3.19. The van der Waals surface area contributed by atoms with Crippen molar-refractivity contribution in [2.75, 3.05) is 6.26 Å². The van der Waals surface area contributed by atoms with Crippen molar-refractivity contribution >= 4 is 50.5 Å². The Bertz CT molecular complexity index is 918. The van der Waals surface area contributed by atoms with Crippen LogP contribution in [0.4, 0.5) is 0 Å². The number of fused-ring (bicyclic) bond motifs is 1. The second kappa shape index (κ2) is 6.27. The fourth-order valence-corrected chi connectivity index (χ4v) is 4.43. The smallest absolute Gasteiger partial charge is 0.175 e. The van der Waals surface area contributed by atoms with Crippen molar-refractivity contribution in [2.24, 2.45) is 0 Å². The fraction of sp³-hybridized carbons (Fsp3) is 0.222. The molecule has 0 fully saturated rings. The van der Waals surface area contributed by atoms with Crippen LogP contribution in [0.3, 0.4) is 0 Å². The number of benzene rings is 1. The van der Waals surface area contributed by atoms with Gasteiger partial charge in [-0.2, -0.15) is 0 Å². The van der Waals surface area contributed by atoms with E-state index >= 15 is 0 Å². The third-order valence-corrected chi connectivity index (χ3v) is 6.11. The Hall–Kier alpha value is -1.36. The summed E-state index contributed by atoms with van der Waals surface area (Å²) in [5.74, 6) is 0. The van der Waals surface area contributed by atoms with E-state index in [1.165, 1.54) is 17.4 Å². The Morgan fingerprint density at radius 3 is 2.61 bits per heavy atom. The molecule has 1 heterocycles. The molecule has 0 aliphatic heterocycles. The summed E-state index contributed by atoms with van der Waals surface area (Å²) < 4.78 is 24.3. The van der Waals surface area contributed by atoms with E-state index in [4.69, 9.17) is 11.6 Å². The van der Waals surface area contributed by atoms with E-state index in [0.717, 1.165) is 33.2 Å². The molecule has 1 aliphatic rings. The van der Waals surface area contributed by atoms with Crippen molar-refractivity contribution in [2.45, 2.75) is 24.7 Å². The van der Waals surface area contributed by atoms with Crippen LogP contribution in [0.1, 0.15) is 35.8 Å². The maximum absolute atomic E-state index is 11.8. The third-order valence-electron chi connectivity index (χ3n) is 3.82. The summed E-state index contributed by atoms with van der Waals surface area (Å²) in [5, 5.41) is 0. The molecule has 0 bridgehead atoms. The van der Waals surface area contributed by atoms with Crippen molar-refractivity contribution in [1.82, 2.24) is 0 Å². The summed E-state index contributed by atoms with van der Waals surface area (Å²) in [6, 6.07) is 9.26. The fourth-order valence-electron chi connectivity index (χ4n) is 2.77. The molecule has 1 aromatic carbocycles. The van der Waals surface area contributed by atoms with E-state index in [1.54, 1.807) is 23.5 Å². The molecule has 0 atom stereocenters. The van der Waals surface area contributed by atoms with Crippen molar-refractivity contribution < 1.29 is 8.42 Å². The van der Waals surface area contributed by atoms with Gasteiger partial charge in [-0.05, 0) is 59.0 Å². The van der Waals surface area contributed by atoms with Gasteiger partial charge in [0.15, 0.2) is 9.84 Å². The van der Waals surface area contributed by atoms with Crippen LogP contribution in [-0.2, 0) is 9.84 Å². The van der Waals surface area contributed by atoms with Gasteiger partial charge in [0.2, 0.25) is 0 Å². The minimum absolute atomic E-state index is 0.365. The van der Waals surface area contributed by atoms with Gasteiger partial charge < -0.3 is 0 Å². The highest BCUT2D eigenvalue weighted by atomic mass is 35.5. The highest BCUT2D eigenvalue weighted by molar-refractivity contribution is 7.90. The van der Waals surface area contributed by atoms with Crippen LogP contribution < -0.4 is 0 Å². The number of hydrogen-bond donors (Lipinski definition) is 0. The summed E-state index contributed by atoms with van der Waals surface area (Å²) in [4.78, 5) is 1.47. The van der Waals surface area contributed by atoms with Crippen molar-refractivity contribution in [3.8, 4) is 0 Å². The molecule has 0 N–H and O–H groups in total. The Balaban J connectivity index is 2.11. The molecule has 3 rings (SSSR count). The highest BCUT2D eigenvalue weighted by Crippen LogP contribution is 2.40. The van der Waals surface area contributed by atoms with Gasteiger partial charge in [-0.15, -0.1) is 11.3 Å². The average molecular weight is 365 g/mol. The van der Waals surface area contributed by atoms with Gasteiger partial charge in [-0.3, -0.25) is 0 Å². The molecule has 120 valence electrons. The Kier molecular flexibility index (Phi) is 4.50. The van der Waals surface area contributed by atoms with Crippen molar-refractivity contribution in [3.63, 3.8) is 0 Å². The molecule has 1 aliphatic carbocycles. The Morgan fingerprint density at radius 2 is 2.00 bits per heavy atom. The van der Waals surface area contributed by atoms with Crippen LogP contribution in [0.25, 0.3) is 17.7 Å². The molecule has 5 heteroatoms. The van der Waals surface area contributed by atoms with Gasteiger partial charge in [-0.1, -0.05) is 37.1 Å². The maximum Gasteiger partial charge on any atom is 0.175 e. The number of allylic oxidation sites excluding steroid dienone is 2. The summed E-state index contributed by atoms with van der Waals surface area (Å²) in [6.45, 7) is 2.14. The minimum atomic E-state index is -3.19. The number of hydrogen-bond acceptors (Lipinski definition) is 3. The molecular weight excluding hydrogens is 348 g/mol. The standard InChI is InChI=1S/C18H17ClO2S2/c1-3-4-12-9-13-10-15(23(2,20)21)6-7-16(13)17(12)11-14-5-8-18(19)22-14/h5-11H,3-4H2,1-2H3. The van der Waals surface area contributed by atoms with E-state index in [2.05, 4.69) is 19.1 Å². The molecule has 1 aromatic heterocycles. The predicted molar refractivity (Wildman–Crippen MR) is 99.6 cm³/mol. The number of thiophene rings is 1. The average Bonchev–Trinajstić information content (AvgIpc) is 3.03. The van der Waals surface area contributed by atoms with Crippen molar-refractivity contribution in [3.05, 3.63) is 56.2 Å². The van der Waals surface area contributed by atoms with Crippen molar-refractivity contribution in [1.29, 1.82) is 0 Å². The zero-order valence-electron chi connectivity index (χ0n) is 13.0. The molecule has 2 nitrogen and oxygen atoms in total. The molecule has 0 spiro atoms. The van der Waals surface area contributed by atoms with E-state index < -0.39 is 9.84 Å². The minimum Gasteiger partial charge on any atom is -0.224 e. The van der Waals surface area contributed by atoms with E-state index in [0.29, 0.717) is 4.90 Å². The second-order valence-corrected chi connectivity index (χ2v) is 9.40. The highest BCUT2D eigenvalue weighted by Gasteiger charge is 2.20. The van der Waals surface area contributed by atoms with Crippen LogP contribution in [0.2, 0.25) is 4.34 Å². The van der Waals surface area contributed by atoms with Crippen LogP contribution >= 0.6 is 22.9 Å². The van der Waals surface area contributed by atoms with Gasteiger partial charge in [-0.25, -0.2) is 8.42 Å². The first-order valence-electron chi connectivity index (χ1n) is 7.41. The third kappa shape index (κ3) is 3.44. The number of sulfone groups is 1. The summed E-state index contributed by atoms with van der Waals surface area (Å²) in [6.07, 6.45) is 7.50. The van der Waals surface area contributed by atoms with Crippen LogP contribution in [-0.4, -0.2) is 14.7 Å². The predicted octanol–water partition coefficient (Wildman–Crippen LogP) is 5.54. The van der Waals surface area contributed by atoms with E-state index in [-0.39, 0.29) is 0 Å². The Morgan fingerprint density at radius 1 is 1.22 bits per heavy atom. The first-order chi connectivity index (χ1) is 10.9. The van der Waals surface area contributed by atoms with Gasteiger partial charge >= 0.3 is 0 Å². The molecule has 2 aromatic rings. The lowest BCUT2D eigenvalue weighted by molar-refractivity contribution is 0.602. The van der Waals surface area contributed by atoms with E-state index in [1.807, 2.05) is 18.2 Å². The summed E-state index contributed by atoms with van der Waals surface area (Å²) >= 11 is 7.57. The molecule has 0 radical (unpaired) electrons. The lowest BCUT2D eigenvalue weighted by atomic mass is 9.99. The van der Waals surface area contributed by atoms with Gasteiger partial charge in [0.25, 0.3) is 0 Å². The first kappa shape index (κ1) is 16.5. The topological polar surface area (TPSA) is 34.1 Å². The van der Waals surface area contributed by atoms with Crippen LogP contribution in [0, 0.1) is 0 Å². The largest absolute Gasteiger partial charge is 0.224 e. The zero-order chi connectivity index (χ0) is 16.6. The lowest BCUT2D eigenvalue weighted by Gasteiger charge is -2.07. The van der Waals surface area contributed by atoms with Gasteiger partial charge in [0, 0.05) is 11.1 Å². The van der Waals surface area contributed by atoms with Gasteiger partial charge in [0.1, 0.15) is 0 Å². The maximum atomic E-state index is 11.8. The van der Waals surface area contributed by atoms with Gasteiger partial charge in [0.05, 0.1) is 9.23 Å². The monoisotopic (exact) mass is 364 g/mol. The zero-order valence-corrected chi connectivity index (χ0v) is 15.4. The SMILES string of the molecule is CCCC1=Cc2cc(S(C)(=O)=O)ccc2C1=Cc1ccc(Cl)s1. The quantitative estimate of drug-likeness (QED) is 0.713. The molecular formula is C18H17ClO2S2. The Labute approximate surface area is 146 Å². The van der Waals surface area contributed by atoms with Crippen LogP contribution in [0.15, 0.2) is 40.8 Å². The number of rotatable bonds is 4. The molecule has 0 saturated carbocycles. The van der Waals surface area contributed by atoms with Crippen LogP contribution in [0.5, 0.6) is 0 Å². The summed E-state index contributed by atoms with van der Waals surface area (Å²) in [5.41, 5.74) is 4.48. The first-order valence-corrected chi connectivity index (χ1v) is 10.5. The molecule has 0 unspecified atom stereocenters. The second-order valence-electron chi connectivity index (χ2n) is 5.64. The number of halogens is 1. The normalized spacial score (nSPS) is 15.8. The molecule has 0 saturated heterocycles. The lowest BCUT2D eigenvalue weighted by Crippen LogP contribution is -1.97. The molecule has 23 heavy (non-hydrogen) atoms. The van der Waals surface area contributed by atoms with E-state index in [9.17, 15) is 8.42 Å². The molecule has 0 amide bonds.